The van der Waals surface area contributed by atoms with Crippen LogP contribution in [0.5, 0.6) is 0 Å². The lowest BCUT2D eigenvalue weighted by Gasteiger charge is -2.28. The molecule has 16 heavy (non-hydrogen) atoms. The van der Waals surface area contributed by atoms with E-state index in [0.717, 1.165) is 38.2 Å². The number of nitrogens with zero attached hydrogens (tertiary/aromatic N) is 2. The van der Waals surface area contributed by atoms with E-state index in [4.69, 9.17) is 0 Å². The lowest BCUT2D eigenvalue weighted by Crippen LogP contribution is -2.43. The van der Waals surface area contributed by atoms with Gasteiger partial charge in [0.15, 0.2) is 0 Å². The quantitative estimate of drug-likeness (QED) is 0.826. The van der Waals surface area contributed by atoms with Crippen molar-refractivity contribution in [2.75, 3.05) is 18.0 Å². The fraction of sp³-hybridized carbons (Fsp3) is 0.500. The summed E-state index contributed by atoms with van der Waals surface area (Å²) in [6, 6.07) is 3.94. The molecular weight excluding hydrogens is 202 g/mol. The van der Waals surface area contributed by atoms with Crippen LogP contribution >= 0.6 is 0 Å². The molecule has 1 aliphatic rings. The first-order valence-corrected chi connectivity index (χ1v) is 5.82. The van der Waals surface area contributed by atoms with Crippen molar-refractivity contribution in [1.29, 1.82) is 0 Å². The number of rotatable bonds is 2. The highest BCUT2D eigenvalue weighted by Gasteiger charge is 2.22. The molecule has 1 aliphatic heterocycles. The summed E-state index contributed by atoms with van der Waals surface area (Å²) < 4.78 is 0. The van der Waals surface area contributed by atoms with E-state index in [0.29, 0.717) is 0 Å². The van der Waals surface area contributed by atoms with Gasteiger partial charge in [0.25, 0.3) is 0 Å². The molecule has 2 amide bonds. The van der Waals surface area contributed by atoms with Crippen LogP contribution in [0, 0.1) is 0 Å². The lowest BCUT2D eigenvalue weighted by atomic mass is 10.1. The van der Waals surface area contributed by atoms with Crippen LogP contribution in [-0.2, 0) is 6.42 Å². The molecule has 2 rings (SSSR count). The third kappa shape index (κ3) is 2.15. The molecule has 4 heteroatoms. The zero-order valence-electron chi connectivity index (χ0n) is 9.57. The fourth-order valence-electron chi connectivity index (χ4n) is 1.93. The number of aromatic nitrogens is 1. The number of aryl methyl sites for hydroxylation is 1. The minimum atomic E-state index is -0.0264. The summed E-state index contributed by atoms with van der Waals surface area (Å²) in [5, 5.41) is 2.89. The maximum Gasteiger partial charge on any atom is 0.323 e. The van der Waals surface area contributed by atoms with Gasteiger partial charge >= 0.3 is 6.03 Å². The third-order valence-electron chi connectivity index (χ3n) is 2.72. The molecule has 0 bridgehead atoms. The number of carbonyl (C=O) groups is 1. The van der Waals surface area contributed by atoms with Gasteiger partial charge < -0.3 is 5.32 Å². The predicted octanol–water partition coefficient (Wildman–Crippen LogP) is 1.95. The number of hydrogen-bond acceptors (Lipinski definition) is 2. The Morgan fingerprint density at radius 2 is 2.50 bits per heavy atom. The molecule has 1 N–H and O–H groups in total. The highest BCUT2D eigenvalue weighted by molar-refractivity contribution is 5.92. The number of amides is 2. The second kappa shape index (κ2) is 4.96. The van der Waals surface area contributed by atoms with Crippen LogP contribution in [0.1, 0.15) is 25.3 Å². The van der Waals surface area contributed by atoms with Crippen molar-refractivity contribution in [3.05, 3.63) is 23.9 Å². The Balaban J connectivity index is 2.15. The number of urea groups is 1. The van der Waals surface area contributed by atoms with E-state index in [1.54, 1.807) is 11.1 Å². The first kappa shape index (κ1) is 10.9. The van der Waals surface area contributed by atoms with Crippen molar-refractivity contribution in [2.24, 2.45) is 0 Å². The van der Waals surface area contributed by atoms with Crippen molar-refractivity contribution < 1.29 is 4.79 Å². The zero-order valence-corrected chi connectivity index (χ0v) is 9.57. The second-order valence-corrected chi connectivity index (χ2v) is 3.97. The molecule has 4 nitrogen and oxygen atoms in total. The topological polar surface area (TPSA) is 45.2 Å². The normalized spacial score (nSPS) is 14.4. The Labute approximate surface area is 95.7 Å². The average molecular weight is 219 g/mol. The third-order valence-corrected chi connectivity index (χ3v) is 2.72. The lowest BCUT2D eigenvalue weighted by molar-refractivity contribution is 0.245. The van der Waals surface area contributed by atoms with Gasteiger partial charge in [0.05, 0.1) is 0 Å². The first-order chi connectivity index (χ1) is 7.83. The number of carbonyl (C=O) groups excluding carboxylic acids is 1. The van der Waals surface area contributed by atoms with Gasteiger partial charge in [-0.05, 0) is 30.9 Å². The van der Waals surface area contributed by atoms with Gasteiger partial charge in [-0.2, -0.15) is 0 Å². The second-order valence-electron chi connectivity index (χ2n) is 3.97. The summed E-state index contributed by atoms with van der Waals surface area (Å²) >= 11 is 0. The molecule has 1 aromatic heterocycles. The van der Waals surface area contributed by atoms with Gasteiger partial charge in [0.2, 0.25) is 0 Å². The van der Waals surface area contributed by atoms with Crippen molar-refractivity contribution in [1.82, 2.24) is 10.3 Å². The summed E-state index contributed by atoms with van der Waals surface area (Å²) in [6.07, 6.45) is 4.72. The standard InChI is InChI=1S/C12H17N3O/c1-2-7-14-12(16)15-9-4-6-10-5-3-8-13-11(10)15/h3,5,8H,2,4,6-7,9H2,1H3,(H,14,16). The Kier molecular flexibility index (Phi) is 3.39. The van der Waals surface area contributed by atoms with E-state index in [-0.39, 0.29) is 6.03 Å². The molecule has 0 aliphatic carbocycles. The van der Waals surface area contributed by atoms with E-state index in [9.17, 15) is 4.79 Å². The van der Waals surface area contributed by atoms with Gasteiger partial charge in [-0.25, -0.2) is 9.78 Å². The maximum absolute atomic E-state index is 11.9. The number of hydrogen-bond donors (Lipinski definition) is 1. The maximum atomic E-state index is 11.9. The van der Waals surface area contributed by atoms with Crippen molar-refractivity contribution in [3.8, 4) is 0 Å². The first-order valence-electron chi connectivity index (χ1n) is 5.82. The van der Waals surface area contributed by atoms with E-state index in [1.165, 1.54) is 5.56 Å². The monoisotopic (exact) mass is 219 g/mol. The van der Waals surface area contributed by atoms with Gasteiger partial charge in [-0.15, -0.1) is 0 Å². The Morgan fingerprint density at radius 3 is 3.31 bits per heavy atom. The molecule has 1 aromatic rings. The minimum Gasteiger partial charge on any atom is -0.338 e. The van der Waals surface area contributed by atoms with E-state index < -0.39 is 0 Å². The van der Waals surface area contributed by atoms with Crippen molar-refractivity contribution in [3.63, 3.8) is 0 Å². The molecule has 0 atom stereocenters. The molecule has 0 saturated heterocycles. The summed E-state index contributed by atoms with van der Waals surface area (Å²) in [5.41, 5.74) is 1.17. The fourth-order valence-corrected chi connectivity index (χ4v) is 1.93. The predicted molar refractivity (Wildman–Crippen MR) is 63.6 cm³/mol. The summed E-state index contributed by atoms with van der Waals surface area (Å²) in [6.45, 7) is 3.53. The smallest absolute Gasteiger partial charge is 0.323 e. The van der Waals surface area contributed by atoms with Crippen LogP contribution in [0.2, 0.25) is 0 Å². The number of nitrogens with one attached hydrogen (secondary N) is 1. The summed E-state index contributed by atoms with van der Waals surface area (Å²) in [5.74, 6) is 0.822. The molecule has 0 radical (unpaired) electrons. The van der Waals surface area contributed by atoms with Crippen molar-refractivity contribution >= 4 is 11.8 Å². The number of fused-ring (bicyclic) bond motifs is 1. The zero-order chi connectivity index (χ0) is 11.4. The van der Waals surface area contributed by atoms with Crippen LogP contribution in [0.4, 0.5) is 10.6 Å². The van der Waals surface area contributed by atoms with Crippen LogP contribution in [-0.4, -0.2) is 24.1 Å². The number of anilines is 1. The summed E-state index contributed by atoms with van der Waals surface area (Å²) in [4.78, 5) is 17.9. The van der Waals surface area contributed by atoms with Crippen LogP contribution in [0.3, 0.4) is 0 Å². The van der Waals surface area contributed by atoms with Gasteiger partial charge in [0, 0.05) is 19.3 Å². The highest BCUT2D eigenvalue weighted by Crippen LogP contribution is 2.23. The van der Waals surface area contributed by atoms with Gasteiger partial charge in [-0.3, -0.25) is 4.90 Å². The van der Waals surface area contributed by atoms with Crippen LogP contribution < -0.4 is 10.2 Å². The molecule has 0 fully saturated rings. The Hall–Kier alpha value is -1.58. The Bertz CT molecular complexity index is 378. The molecule has 86 valence electrons. The largest absolute Gasteiger partial charge is 0.338 e. The molecular formula is C12H17N3O. The molecule has 0 saturated carbocycles. The molecule has 2 heterocycles. The van der Waals surface area contributed by atoms with Crippen molar-refractivity contribution in [2.45, 2.75) is 26.2 Å². The van der Waals surface area contributed by atoms with E-state index >= 15 is 0 Å². The molecule has 0 unspecified atom stereocenters. The van der Waals surface area contributed by atoms with E-state index in [1.807, 2.05) is 19.1 Å². The molecule has 0 aromatic carbocycles. The van der Waals surface area contributed by atoms with Crippen LogP contribution in [0.25, 0.3) is 0 Å². The summed E-state index contributed by atoms with van der Waals surface area (Å²) in [7, 11) is 0. The minimum absolute atomic E-state index is 0.0264. The average Bonchev–Trinajstić information content (AvgIpc) is 2.35. The van der Waals surface area contributed by atoms with E-state index in [2.05, 4.69) is 10.3 Å². The SMILES string of the molecule is CCCNC(=O)N1CCCc2cccnc21. The molecule has 0 spiro atoms. The highest BCUT2D eigenvalue weighted by atomic mass is 16.2. The van der Waals surface area contributed by atoms with Crippen LogP contribution in [0.15, 0.2) is 18.3 Å². The van der Waals surface area contributed by atoms with Gasteiger partial charge in [0.1, 0.15) is 5.82 Å². The Morgan fingerprint density at radius 1 is 1.62 bits per heavy atom. The van der Waals surface area contributed by atoms with Gasteiger partial charge in [-0.1, -0.05) is 13.0 Å². The number of pyridine rings is 1.